The van der Waals surface area contributed by atoms with Gasteiger partial charge in [-0.25, -0.2) is 0 Å². The van der Waals surface area contributed by atoms with Crippen LogP contribution in [-0.2, 0) is 37.9 Å². The summed E-state index contributed by atoms with van der Waals surface area (Å²) >= 11 is 2.22. The molecule has 34 heavy (non-hydrogen) atoms. The third-order valence-electron chi connectivity index (χ3n) is 4.14. The summed E-state index contributed by atoms with van der Waals surface area (Å²) in [6, 6.07) is -0.549. The van der Waals surface area contributed by atoms with Gasteiger partial charge in [0.1, 0.15) is 26.4 Å². The summed E-state index contributed by atoms with van der Waals surface area (Å²) in [5, 5.41) is 17.1. The fourth-order valence-electron chi connectivity index (χ4n) is 2.56. The van der Waals surface area contributed by atoms with Crippen LogP contribution in [0.3, 0.4) is 0 Å². The number of aliphatic hydroxyl groups is 2. The smallest absolute Gasteiger partial charge is 0.181 e. The van der Waals surface area contributed by atoms with Crippen LogP contribution in [0.25, 0.3) is 0 Å². The number of hydrogen-bond acceptors (Lipinski definition) is 10. The SMILES string of the molecule is C.CC[C@H]1OCC(I)O1.CC[C@H]1OCC(O)O1.[Ac].[B][C@@H]1CO[C@H](CC)O1.[B][C@@H]1CO[C@H](CO)O1. The van der Waals surface area contributed by atoms with Crippen molar-refractivity contribution in [1.29, 1.82) is 0 Å². The number of aliphatic hydroxyl groups excluding tert-OH is 2. The maximum absolute atomic E-state index is 8.68. The monoisotopic (exact) mass is 815 g/mol. The summed E-state index contributed by atoms with van der Waals surface area (Å²) < 4.78 is 40.3. The van der Waals surface area contributed by atoms with Gasteiger partial charge in [-0.1, -0.05) is 28.2 Å². The number of halogens is 1. The number of rotatable bonds is 4. The van der Waals surface area contributed by atoms with Gasteiger partial charge in [-0.3, -0.25) is 0 Å². The molecule has 0 amide bonds. The first-order valence-electron chi connectivity index (χ1n) is 10.8. The number of alkyl halides is 1. The van der Waals surface area contributed by atoms with Gasteiger partial charge < -0.3 is 48.1 Å². The standard InChI is InChI=1S/C5H9BO2.C5H9IO2.C5H10O3.C4H7BO3.CH4.Ac/c3*1-2-5-7-3-4(6)8-5;5-3-2-7-4(1-6)8-3;;/h2*4-5H,2-3H2,1H3;4-6H,2-3H2,1H3;3-4,6H,1-2H2;1H4;/t4-,5-;2*4?,5-;3-,4-;;/m0000../s1. The van der Waals surface area contributed by atoms with E-state index < -0.39 is 12.6 Å². The van der Waals surface area contributed by atoms with Gasteiger partial charge in [0.05, 0.1) is 26.4 Å². The molecular formula is C20H39AcB2IO10. The minimum absolute atomic E-state index is 0. The molecule has 4 fully saturated rings. The second-order valence-corrected chi connectivity index (χ2v) is 8.33. The van der Waals surface area contributed by atoms with Gasteiger partial charge in [-0.15, -0.1) is 0 Å². The van der Waals surface area contributed by atoms with Crippen LogP contribution in [0.2, 0.25) is 0 Å². The van der Waals surface area contributed by atoms with E-state index in [1.807, 2.05) is 13.8 Å². The quantitative estimate of drug-likeness (QED) is 0.245. The van der Waals surface area contributed by atoms with Crippen molar-refractivity contribution in [3.8, 4) is 0 Å². The van der Waals surface area contributed by atoms with Crippen molar-refractivity contribution in [2.75, 3.05) is 33.0 Å². The first-order chi connectivity index (χ1) is 15.3. The minimum Gasteiger partial charge on any atom is -0.391 e. The van der Waals surface area contributed by atoms with Crippen LogP contribution in [-0.4, -0.2) is 107 Å². The third kappa shape index (κ3) is 17.4. The van der Waals surface area contributed by atoms with Gasteiger partial charge >= 0.3 is 0 Å². The molecule has 4 heterocycles. The van der Waals surface area contributed by atoms with E-state index in [1.165, 1.54) is 0 Å². The largest absolute Gasteiger partial charge is 0.391 e. The molecule has 14 heteroatoms. The van der Waals surface area contributed by atoms with E-state index in [0.29, 0.717) is 19.8 Å². The molecule has 195 valence electrons. The molecule has 4 aliphatic heterocycles. The van der Waals surface area contributed by atoms with E-state index in [0.717, 1.165) is 25.9 Å². The molecule has 8 atom stereocenters. The van der Waals surface area contributed by atoms with Crippen molar-refractivity contribution >= 4 is 38.3 Å². The summed E-state index contributed by atoms with van der Waals surface area (Å²) in [7, 11) is 10.6. The molecule has 2 N–H and O–H groups in total. The minimum atomic E-state index is -0.694. The average molecular weight is 815 g/mol. The Labute approximate surface area is 256 Å². The zero-order valence-electron chi connectivity index (χ0n) is 19.5. The molecule has 0 saturated carbocycles. The average Bonchev–Trinajstić information content (AvgIpc) is 3.58. The predicted octanol–water partition coefficient (Wildman–Crippen LogP) is 1.36. The Kier molecular flexibility index (Phi) is 25.6. The summed E-state index contributed by atoms with van der Waals surface area (Å²) in [6.45, 7) is 7.87. The molecule has 0 spiro atoms. The summed E-state index contributed by atoms with van der Waals surface area (Å²) in [4.78, 5) is 0. The van der Waals surface area contributed by atoms with Gasteiger partial charge in [-0.2, -0.15) is 0 Å². The normalized spacial score (nSPS) is 35.9. The molecule has 10 nitrogen and oxygen atoms in total. The van der Waals surface area contributed by atoms with Crippen molar-refractivity contribution < 1.29 is 92.2 Å². The van der Waals surface area contributed by atoms with E-state index in [-0.39, 0.29) is 93.1 Å². The van der Waals surface area contributed by atoms with Gasteiger partial charge in [0, 0.05) is 56.1 Å². The molecule has 4 rings (SSSR count). The molecule has 2 unspecified atom stereocenters. The van der Waals surface area contributed by atoms with Crippen molar-refractivity contribution in [2.24, 2.45) is 0 Å². The Morgan fingerprint density at radius 2 is 1.12 bits per heavy atom. The topological polar surface area (TPSA) is 114 Å². The maximum Gasteiger partial charge on any atom is 0.181 e. The fraction of sp³-hybridized carbons (Fsp3) is 1.00. The predicted molar refractivity (Wildman–Crippen MR) is 131 cm³/mol. The van der Waals surface area contributed by atoms with Crippen LogP contribution in [0.1, 0.15) is 47.5 Å². The van der Waals surface area contributed by atoms with Gasteiger partial charge in [0.25, 0.3) is 0 Å². The van der Waals surface area contributed by atoms with Crippen LogP contribution in [0.4, 0.5) is 0 Å². The van der Waals surface area contributed by atoms with E-state index >= 15 is 0 Å². The van der Waals surface area contributed by atoms with Crippen molar-refractivity contribution in [3.63, 3.8) is 0 Å². The summed E-state index contributed by atoms with van der Waals surface area (Å²) in [6.07, 6.45) is 1.29. The van der Waals surface area contributed by atoms with Crippen LogP contribution >= 0.6 is 22.6 Å². The van der Waals surface area contributed by atoms with Crippen molar-refractivity contribution in [1.82, 2.24) is 0 Å². The first kappa shape index (κ1) is 38.1. The zero-order chi connectivity index (χ0) is 23.9. The van der Waals surface area contributed by atoms with Crippen LogP contribution in [0.15, 0.2) is 0 Å². The van der Waals surface area contributed by atoms with Gasteiger partial charge in [-0.05, 0) is 41.9 Å². The Balaban J connectivity index is 0. The molecule has 0 bridgehead atoms. The molecule has 5 radical (unpaired) electrons. The van der Waals surface area contributed by atoms with Crippen LogP contribution < -0.4 is 0 Å². The van der Waals surface area contributed by atoms with E-state index in [2.05, 4.69) is 29.5 Å². The first-order valence-corrected chi connectivity index (χ1v) is 12.1. The zero-order valence-corrected chi connectivity index (χ0v) is 26.4. The number of hydrogen-bond donors (Lipinski definition) is 2. The Morgan fingerprint density at radius 1 is 0.706 bits per heavy atom. The molecule has 0 aromatic carbocycles. The molecular weight excluding hydrogens is 776 g/mol. The summed E-state index contributed by atoms with van der Waals surface area (Å²) in [5.74, 6) is 0. The molecule has 0 aliphatic carbocycles. The third-order valence-corrected chi connectivity index (χ3v) is 4.79. The van der Waals surface area contributed by atoms with Gasteiger partial charge in [0.2, 0.25) is 0 Å². The molecule has 4 saturated heterocycles. The van der Waals surface area contributed by atoms with E-state index in [1.54, 1.807) is 0 Å². The van der Waals surface area contributed by atoms with Crippen molar-refractivity contribution in [2.45, 2.75) is 95.0 Å². The molecule has 0 aromatic heterocycles. The molecule has 0 aromatic rings. The fourth-order valence-corrected chi connectivity index (χ4v) is 3.09. The maximum atomic E-state index is 8.68. The van der Waals surface area contributed by atoms with E-state index in [9.17, 15) is 0 Å². The Bertz CT molecular complexity index is 397. The second-order valence-electron chi connectivity index (χ2n) is 6.94. The number of ether oxygens (including phenoxy) is 8. The second kappa shape index (κ2) is 22.8. The molecule has 4 aliphatic rings. The van der Waals surface area contributed by atoms with E-state index in [4.69, 9.17) is 63.8 Å². The Morgan fingerprint density at radius 3 is 1.32 bits per heavy atom. The van der Waals surface area contributed by atoms with Crippen molar-refractivity contribution in [3.05, 3.63) is 0 Å². The van der Waals surface area contributed by atoms with Crippen LogP contribution in [0, 0.1) is 44.1 Å². The Hall–Kier alpha value is 1.90. The van der Waals surface area contributed by atoms with Gasteiger partial charge in [0.15, 0.2) is 31.5 Å². The summed E-state index contributed by atoms with van der Waals surface area (Å²) in [5.41, 5.74) is 0. The van der Waals surface area contributed by atoms with Crippen LogP contribution in [0.5, 0.6) is 0 Å².